The Labute approximate surface area is 109 Å². The molecule has 0 spiro atoms. The third kappa shape index (κ3) is 2.58. The molecule has 16 heavy (non-hydrogen) atoms. The molecule has 0 atom stereocenters. The van der Waals surface area contributed by atoms with Crippen molar-refractivity contribution in [3.63, 3.8) is 0 Å². The summed E-state index contributed by atoms with van der Waals surface area (Å²) in [5.41, 5.74) is 0.631. The van der Waals surface area contributed by atoms with E-state index in [1.54, 1.807) is 18.2 Å². The Morgan fingerprint density at radius 3 is 2.94 bits per heavy atom. The predicted octanol–water partition coefficient (Wildman–Crippen LogP) is 3.21. The average molecular weight is 319 g/mol. The molecule has 2 aromatic rings. The number of rotatable bonds is 2. The zero-order valence-corrected chi connectivity index (χ0v) is 10.9. The average Bonchev–Trinajstić information content (AvgIpc) is 2.77. The number of aromatic nitrogens is 2. The van der Waals surface area contributed by atoms with Crippen molar-refractivity contribution in [2.75, 3.05) is 5.32 Å². The fourth-order valence-corrected chi connectivity index (χ4v) is 1.87. The molecule has 82 valence electrons. The minimum atomic E-state index is -0.242. The standard InChI is InChI=1S/C9H5BrClN3OS/c10-6-2-1-5(3-7(6)11)13-9(15)8-4-12-14-16-8/h1-4H,(H,13,15). The van der Waals surface area contributed by atoms with Crippen LogP contribution >= 0.6 is 39.1 Å². The minimum absolute atomic E-state index is 0.242. The number of carbonyl (C=O) groups excluding carboxylic acids is 1. The summed E-state index contributed by atoms with van der Waals surface area (Å²) in [6.45, 7) is 0. The Kier molecular flexibility index (Phi) is 3.52. The summed E-state index contributed by atoms with van der Waals surface area (Å²) >= 11 is 10.2. The van der Waals surface area contributed by atoms with Crippen LogP contribution in [0.5, 0.6) is 0 Å². The van der Waals surface area contributed by atoms with E-state index in [-0.39, 0.29) is 5.91 Å². The van der Waals surface area contributed by atoms with E-state index >= 15 is 0 Å². The van der Waals surface area contributed by atoms with Crippen molar-refractivity contribution in [2.24, 2.45) is 0 Å². The van der Waals surface area contributed by atoms with E-state index in [9.17, 15) is 4.79 Å². The van der Waals surface area contributed by atoms with Crippen molar-refractivity contribution < 1.29 is 4.79 Å². The number of benzene rings is 1. The molecule has 7 heteroatoms. The molecular weight excluding hydrogens is 314 g/mol. The Hall–Kier alpha value is -0.980. The fourth-order valence-electron chi connectivity index (χ4n) is 1.03. The van der Waals surface area contributed by atoms with Crippen LogP contribution in [0.4, 0.5) is 5.69 Å². The quantitative estimate of drug-likeness (QED) is 0.925. The molecule has 1 aromatic heterocycles. The topological polar surface area (TPSA) is 54.9 Å². The first kappa shape index (κ1) is 11.5. The molecule has 0 aliphatic heterocycles. The second-order valence-electron chi connectivity index (χ2n) is 2.86. The number of carbonyl (C=O) groups is 1. The number of anilines is 1. The van der Waals surface area contributed by atoms with Gasteiger partial charge in [-0.05, 0) is 45.7 Å². The lowest BCUT2D eigenvalue weighted by Gasteiger charge is -2.04. The molecule has 1 heterocycles. The molecule has 0 radical (unpaired) electrons. The van der Waals surface area contributed by atoms with Gasteiger partial charge in [-0.1, -0.05) is 16.1 Å². The highest BCUT2D eigenvalue weighted by molar-refractivity contribution is 9.10. The van der Waals surface area contributed by atoms with Gasteiger partial charge in [-0.2, -0.15) is 0 Å². The van der Waals surface area contributed by atoms with E-state index in [1.165, 1.54) is 6.20 Å². The van der Waals surface area contributed by atoms with Crippen molar-refractivity contribution in [2.45, 2.75) is 0 Å². The van der Waals surface area contributed by atoms with Crippen molar-refractivity contribution in [1.29, 1.82) is 0 Å². The molecule has 0 saturated heterocycles. The zero-order valence-electron chi connectivity index (χ0n) is 7.78. The van der Waals surface area contributed by atoms with Crippen LogP contribution < -0.4 is 5.32 Å². The van der Waals surface area contributed by atoms with E-state index < -0.39 is 0 Å². The lowest BCUT2D eigenvalue weighted by Crippen LogP contribution is -2.09. The van der Waals surface area contributed by atoms with Crippen LogP contribution in [0.15, 0.2) is 28.9 Å². The Morgan fingerprint density at radius 2 is 2.31 bits per heavy atom. The summed E-state index contributed by atoms with van der Waals surface area (Å²) in [7, 11) is 0. The molecule has 1 aromatic carbocycles. The van der Waals surface area contributed by atoms with Gasteiger partial charge < -0.3 is 5.32 Å². The van der Waals surface area contributed by atoms with Crippen LogP contribution in [0.1, 0.15) is 9.67 Å². The predicted molar refractivity (Wildman–Crippen MR) is 67.0 cm³/mol. The summed E-state index contributed by atoms with van der Waals surface area (Å²) in [4.78, 5) is 12.1. The first-order valence-corrected chi connectivity index (χ1v) is 6.15. The molecular formula is C9H5BrClN3OS. The van der Waals surface area contributed by atoms with Crippen molar-refractivity contribution in [3.8, 4) is 0 Å². The highest BCUT2D eigenvalue weighted by atomic mass is 79.9. The van der Waals surface area contributed by atoms with Gasteiger partial charge in [0.15, 0.2) is 0 Å². The summed E-state index contributed by atoms with van der Waals surface area (Å²) in [6.07, 6.45) is 1.42. The SMILES string of the molecule is O=C(Nc1ccc(Br)c(Cl)c1)c1cnns1. The normalized spacial score (nSPS) is 10.1. The first-order valence-electron chi connectivity index (χ1n) is 4.20. The number of halogens is 2. The summed E-state index contributed by atoms with van der Waals surface area (Å²) in [6, 6.07) is 5.18. The monoisotopic (exact) mass is 317 g/mol. The summed E-state index contributed by atoms with van der Waals surface area (Å²) in [5.74, 6) is -0.242. The van der Waals surface area contributed by atoms with Crippen LogP contribution in [0, 0.1) is 0 Å². The van der Waals surface area contributed by atoms with Gasteiger partial charge in [-0.3, -0.25) is 4.79 Å². The smallest absolute Gasteiger partial charge is 0.269 e. The molecule has 0 saturated carbocycles. The molecule has 0 bridgehead atoms. The van der Waals surface area contributed by atoms with E-state index in [2.05, 4.69) is 30.8 Å². The molecule has 4 nitrogen and oxygen atoms in total. The largest absolute Gasteiger partial charge is 0.321 e. The van der Waals surface area contributed by atoms with Crippen LogP contribution in [0.25, 0.3) is 0 Å². The number of nitrogens with zero attached hydrogens (tertiary/aromatic N) is 2. The molecule has 1 amide bonds. The fraction of sp³-hybridized carbons (Fsp3) is 0. The Bertz CT molecular complexity index is 517. The van der Waals surface area contributed by atoms with Crippen molar-refractivity contribution in [3.05, 3.63) is 38.8 Å². The van der Waals surface area contributed by atoms with Gasteiger partial charge in [0.1, 0.15) is 4.88 Å². The summed E-state index contributed by atoms with van der Waals surface area (Å²) < 4.78 is 4.40. The lowest BCUT2D eigenvalue weighted by molar-refractivity contribution is 0.103. The van der Waals surface area contributed by atoms with E-state index in [4.69, 9.17) is 11.6 Å². The molecule has 2 rings (SSSR count). The van der Waals surface area contributed by atoms with Crippen LogP contribution in [0.3, 0.4) is 0 Å². The van der Waals surface area contributed by atoms with Gasteiger partial charge in [-0.15, -0.1) is 5.10 Å². The lowest BCUT2D eigenvalue weighted by atomic mass is 10.3. The first-order chi connectivity index (χ1) is 7.66. The minimum Gasteiger partial charge on any atom is -0.321 e. The van der Waals surface area contributed by atoms with Gasteiger partial charge in [0.25, 0.3) is 5.91 Å². The van der Waals surface area contributed by atoms with Gasteiger partial charge in [0.2, 0.25) is 0 Å². The third-order valence-corrected chi connectivity index (χ3v) is 3.66. The Morgan fingerprint density at radius 1 is 1.50 bits per heavy atom. The van der Waals surface area contributed by atoms with E-state index in [1.807, 2.05) is 0 Å². The van der Waals surface area contributed by atoms with Gasteiger partial charge >= 0.3 is 0 Å². The van der Waals surface area contributed by atoms with E-state index in [0.29, 0.717) is 15.6 Å². The number of nitrogens with one attached hydrogen (secondary N) is 1. The molecule has 0 fully saturated rings. The third-order valence-electron chi connectivity index (χ3n) is 1.76. The summed E-state index contributed by atoms with van der Waals surface area (Å²) in [5, 5.41) is 6.83. The maximum Gasteiger partial charge on any atom is 0.269 e. The highest BCUT2D eigenvalue weighted by Crippen LogP contribution is 2.25. The van der Waals surface area contributed by atoms with Crippen LogP contribution in [0.2, 0.25) is 5.02 Å². The number of amides is 1. The zero-order chi connectivity index (χ0) is 11.5. The molecule has 0 aliphatic carbocycles. The maximum absolute atomic E-state index is 11.6. The van der Waals surface area contributed by atoms with Crippen LogP contribution in [-0.2, 0) is 0 Å². The number of hydrogen-bond donors (Lipinski definition) is 1. The number of hydrogen-bond acceptors (Lipinski definition) is 4. The molecule has 1 N–H and O–H groups in total. The second kappa shape index (κ2) is 4.90. The van der Waals surface area contributed by atoms with E-state index in [0.717, 1.165) is 16.0 Å². The van der Waals surface area contributed by atoms with Crippen molar-refractivity contribution in [1.82, 2.24) is 9.59 Å². The van der Waals surface area contributed by atoms with Crippen molar-refractivity contribution >= 4 is 50.7 Å². The van der Waals surface area contributed by atoms with Crippen LogP contribution in [-0.4, -0.2) is 15.5 Å². The second-order valence-corrected chi connectivity index (χ2v) is 4.91. The maximum atomic E-state index is 11.6. The molecule has 0 unspecified atom stereocenters. The molecule has 0 aliphatic rings. The van der Waals surface area contributed by atoms with Gasteiger partial charge in [0, 0.05) is 10.2 Å². The highest BCUT2D eigenvalue weighted by Gasteiger charge is 2.09. The Balaban J connectivity index is 2.15. The van der Waals surface area contributed by atoms with Gasteiger partial charge in [0.05, 0.1) is 11.2 Å². The van der Waals surface area contributed by atoms with Gasteiger partial charge in [-0.25, -0.2) is 0 Å².